The lowest BCUT2D eigenvalue weighted by Gasteiger charge is -2.14. The minimum atomic E-state index is -0.0467. The molecule has 0 radical (unpaired) electrons. The topological polar surface area (TPSA) is 47.6 Å². The smallest absolute Gasteiger partial charge is 0.251 e. The average Bonchev–Trinajstić information content (AvgIpc) is 2.82. The number of hydrogen-bond donors (Lipinski definition) is 1. The predicted octanol–water partition coefficient (Wildman–Crippen LogP) is 3.79. The quantitative estimate of drug-likeness (QED) is 0.813. The SMILES string of the molecule is COc1ccc(C(=O)NCCC2CCCCCC2)cc1OC. The van der Waals surface area contributed by atoms with E-state index in [9.17, 15) is 4.79 Å². The highest BCUT2D eigenvalue weighted by atomic mass is 16.5. The van der Waals surface area contributed by atoms with Crippen molar-refractivity contribution >= 4 is 5.91 Å². The van der Waals surface area contributed by atoms with Gasteiger partial charge in [0, 0.05) is 12.1 Å². The van der Waals surface area contributed by atoms with Crippen LogP contribution in [0.2, 0.25) is 0 Å². The highest BCUT2D eigenvalue weighted by molar-refractivity contribution is 5.94. The molecule has 122 valence electrons. The van der Waals surface area contributed by atoms with Gasteiger partial charge in [0.25, 0.3) is 5.91 Å². The zero-order valence-electron chi connectivity index (χ0n) is 13.7. The van der Waals surface area contributed by atoms with Crippen LogP contribution in [0.25, 0.3) is 0 Å². The highest BCUT2D eigenvalue weighted by Crippen LogP contribution is 2.28. The van der Waals surface area contributed by atoms with Crippen LogP contribution in [0.3, 0.4) is 0 Å². The number of carbonyl (C=O) groups excluding carboxylic acids is 1. The minimum Gasteiger partial charge on any atom is -0.493 e. The molecule has 0 atom stereocenters. The molecule has 0 unspecified atom stereocenters. The molecule has 4 nitrogen and oxygen atoms in total. The number of nitrogens with one attached hydrogen (secondary N) is 1. The molecule has 1 aromatic carbocycles. The van der Waals surface area contributed by atoms with Gasteiger partial charge in [-0.05, 0) is 30.5 Å². The van der Waals surface area contributed by atoms with Crippen LogP contribution in [-0.4, -0.2) is 26.7 Å². The Kier molecular flexibility index (Phi) is 6.56. The van der Waals surface area contributed by atoms with Crippen LogP contribution in [0.5, 0.6) is 11.5 Å². The van der Waals surface area contributed by atoms with Gasteiger partial charge in [-0.15, -0.1) is 0 Å². The largest absolute Gasteiger partial charge is 0.493 e. The van der Waals surface area contributed by atoms with Gasteiger partial charge < -0.3 is 14.8 Å². The second-order valence-electron chi connectivity index (χ2n) is 5.97. The van der Waals surface area contributed by atoms with Gasteiger partial charge in [-0.25, -0.2) is 0 Å². The Hall–Kier alpha value is -1.71. The Balaban J connectivity index is 1.84. The lowest BCUT2D eigenvalue weighted by atomic mass is 9.97. The Morgan fingerprint density at radius 3 is 2.41 bits per heavy atom. The van der Waals surface area contributed by atoms with E-state index in [-0.39, 0.29) is 5.91 Å². The van der Waals surface area contributed by atoms with Crippen molar-refractivity contribution in [2.75, 3.05) is 20.8 Å². The molecule has 2 rings (SSSR count). The molecule has 1 amide bonds. The number of amides is 1. The zero-order chi connectivity index (χ0) is 15.8. The van der Waals surface area contributed by atoms with Crippen LogP contribution in [0.4, 0.5) is 0 Å². The monoisotopic (exact) mass is 305 g/mol. The van der Waals surface area contributed by atoms with Crippen molar-refractivity contribution in [3.8, 4) is 11.5 Å². The van der Waals surface area contributed by atoms with Crippen molar-refractivity contribution in [2.24, 2.45) is 5.92 Å². The van der Waals surface area contributed by atoms with Crippen molar-refractivity contribution in [3.63, 3.8) is 0 Å². The van der Waals surface area contributed by atoms with E-state index in [1.807, 2.05) is 0 Å². The molecule has 1 aromatic rings. The van der Waals surface area contributed by atoms with E-state index in [2.05, 4.69) is 5.32 Å². The lowest BCUT2D eigenvalue weighted by molar-refractivity contribution is 0.0950. The minimum absolute atomic E-state index is 0.0467. The van der Waals surface area contributed by atoms with Crippen molar-refractivity contribution in [1.29, 1.82) is 0 Å². The van der Waals surface area contributed by atoms with E-state index in [4.69, 9.17) is 9.47 Å². The second kappa shape index (κ2) is 8.66. The summed E-state index contributed by atoms with van der Waals surface area (Å²) >= 11 is 0. The molecule has 4 heteroatoms. The summed E-state index contributed by atoms with van der Waals surface area (Å²) in [6.45, 7) is 0.748. The Morgan fingerprint density at radius 2 is 1.77 bits per heavy atom. The third-order valence-corrected chi connectivity index (χ3v) is 4.46. The van der Waals surface area contributed by atoms with Crippen molar-refractivity contribution in [2.45, 2.75) is 44.9 Å². The Morgan fingerprint density at radius 1 is 1.09 bits per heavy atom. The Labute approximate surface area is 133 Å². The number of ether oxygens (including phenoxy) is 2. The van der Waals surface area contributed by atoms with Gasteiger partial charge in [0.1, 0.15) is 0 Å². The maximum absolute atomic E-state index is 12.2. The van der Waals surface area contributed by atoms with Gasteiger partial charge in [0.2, 0.25) is 0 Å². The second-order valence-corrected chi connectivity index (χ2v) is 5.97. The normalized spacial score (nSPS) is 15.9. The molecule has 1 fully saturated rings. The number of carbonyl (C=O) groups is 1. The van der Waals surface area contributed by atoms with Crippen LogP contribution < -0.4 is 14.8 Å². The van der Waals surface area contributed by atoms with Crippen LogP contribution in [0, 0.1) is 5.92 Å². The van der Waals surface area contributed by atoms with Gasteiger partial charge >= 0.3 is 0 Å². The fourth-order valence-electron chi connectivity index (χ4n) is 3.12. The predicted molar refractivity (Wildman–Crippen MR) is 87.7 cm³/mol. The maximum atomic E-state index is 12.2. The third kappa shape index (κ3) is 4.65. The summed E-state index contributed by atoms with van der Waals surface area (Å²) in [5.41, 5.74) is 0.610. The maximum Gasteiger partial charge on any atom is 0.251 e. The average molecular weight is 305 g/mol. The molecule has 1 saturated carbocycles. The summed E-state index contributed by atoms with van der Waals surface area (Å²) in [7, 11) is 3.16. The number of methoxy groups -OCH3 is 2. The van der Waals surface area contributed by atoms with Crippen LogP contribution >= 0.6 is 0 Å². The van der Waals surface area contributed by atoms with E-state index in [0.717, 1.165) is 18.9 Å². The molecule has 1 aliphatic rings. The lowest BCUT2D eigenvalue weighted by Crippen LogP contribution is -2.26. The van der Waals surface area contributed by atoms with E-state index >= 15 is 0 Å². The number of benzene rings is 1. The first-order chi connectivity index (χ1) is 10.7. The molecule has 0 aromatic heterocycles. The van der Waals surface area contributed by atoms with Crippen molar-refractivity contribution < 1.29 is 14.3 Å². The van der Waals surface area contributed by atoms with Crippen LogP contribution in [0.1, 0.15) is 55.3 Å². The van der Waals surface area contributed by atoms with Crippen LogP contribution in [-0.2, 0) is 0 Å². The summed E-state index contributed by atoms with van der Waals surface area (Å²) < 4.78 is 10.4. The molecule has 1 N–H and O–H groups in total. The molecule has 22 heavy (non-hydrogen) atoms. The molecule has 0 aliphatic heterocycles. The first-order valence-electron chi connectivity index (χ1n) is 8.25. The standard InChI is InChI=1S/C18H27NO3/c1-21-16-10-9-15(13-17(16)22-2)18(20)19-12-11-14-7-5-3-4-6-8-14/h9-10,13-14H,3-8,11-12H2,1-2H3,(H,19,20). The summed E-state index contributed by atoms with van der Waals surface area (Å²) in [5, 5.41) is 3.02. The first kappa shape index (κ1) is 16.7. The van der Waals surface area contributed by atoms with E-state index in [0.29, 0.717) is 17.1 Å². The van der Waals surface area contributed by atoms with Crippen molar-refractivity contribution in [3.05, 3.63) is 23.8 Å². The van der Waals surface area contributed by atoms with E-state index in [1.165, 1.54) is 38.5 Å². The molecular weight excluding hydrogens is 278 g/mol. The van der Waals surface area contributed by atoms with Crippen LogP contribution in [0.15, 0.2) is 18.2 Å². The third-order valence-electron chi connectivity index (χ3n) is 4.46. The molecule has 0 bridgehead atoms. The van der Waals surface area contributed by atoms with Gasteiger partial charge in [-0.1, -0.05) is 38.5 Å². The highest BCUT2D eigenvalue weighted by Gasteiger charge is 2.14. The first-order valence-corrected chi connectivity index (χ1v) is 8.25. The molecular formula is C18H27NO3. The molecule has 0 saturated heterocycles. The number of rotatable bonds is 6. The fraction of sp³-hybridized carbons (Fsp3) is 0.611. The van der Waals surface area contributed by atoms with Gasteiger partial charge in [-0.2, -0.15) is 0 Å². The fourth-order valence-corrected chi connectivity index (χ4v) is 3.12. The van der Waals surface area contributed by atoms with Crippen molar-refractivity contribution in [1.82, 2.24) is 5.32 Å². The number of hydrogen-bond acceptors (Lipinski definition) is 3. The van der Waals surface area contributed by atoms with E-state index in [1.54, 1.807) is 32.4 Å². The van der Waals surface area contributed by atoms with E-state index < -0.39 is 0 Å². The Bertz CT molecular complexity index is 479. The molecule has 1 aliphatic carbocycles. The summed E-state index contributed by atoms with van der Waals surface area (Å²) in [6.07, 6.45) is 9.13. The van der Waals surface area contributed by atoms with Gasteiger partial charge in [0.15, 0.2) is 11.5 Å². The van der Waals surface area contributed by atoms with Gasteiger partial charge in [-0.3, -0.25) is 4.79 Å². The summed E-state index contributed by atoms with van der Waals surface area (Å²) in [6, 6.07) is 5.25. The molecule has 0 spiro atoms. The summed E-state index contributed by atoms with van der Waals surface area (Å²) in [4.78, 5) is 12.2. The summed E-state index contributed by atoms with van der Waals surface area (Å²) in [5.74, 6) is 1.94. The zero-order valence-corrected chi connectivity index (χ0v) is 13.7. The van der Waals surface area contributed by atoms with Gasteiger partial charge in [0.05, 0.1) is 14.2 Å². The molecule has 0 heterocycles.